The number of phenols is 2. The summed E-state index contributed by atoms with van der Waals surface area (Å²) in [6.45, 7) is 3.39. The van der Waals surface area contributed by atoms with Gasteiger partial charge in [-0.2, -0.15) is 0 Å². The maximum atomic E-state index is 11.1. The van der Waals surface area contributed by atoms with Gasteiger partial charge in [0.2, 0.25) is 0 Å². The van der Waals surface area contributed by atoms with Gasteiger partial charge >= 0.3 is 5.97 Å². The van der Waals surface area contributed by atoms with Gasteiger partial charge in [-0.05, 0) is 17.7 Å². The van der Waals surface area contributed by atoms with Crippen molar-refractivity contribution in [2.45, 2.75) is 25.4 Å². The maximum absolute atomic E-state index is 11.1. The molecular formula is C12H16O5. The number of hydrogen-bond acceptors (Lipinski definition) is 4. The van der Waals surface area contributed by atoms with Crippen molar-refractivity contribution in [3.63, 3.8) is 0 Å². The molecule has 0 bridgehead atoms. The summed E-state index contributed by atoms with van der Waals surface area (Å²) in [6, 6.07) is 4.22. The number of benzene rings is 1. The van der Waals surface area contributed by atoms with Crippen LogP contribution in [0.25, 0.3) is 0 Å². The maximum Gasteiger partial charge on any atom is 0.333 e. The lowest BCUT2D eigenvalue weighted by molar-refractivity contribution is -0.152. The van der Waals surface area contributed by atoms with Crippen LogP contribution in [0.3, 0.4) is 0 Å². The fourth-order valence-corrected chi connectivity index (χ4v) is 1.78. The van der Waals surface area contributed by atoms with Crippen molar-refractivity contribution in [1.82, 2.24) is 0 Å². The number of rotatable bonds is 4. The number of aliphatic carboxylic acids is 1. The van der Waals surface area contributed by atoms with Gasteiger partial charge in [0, 0.05) is 12.5 Å². The number of phenolic OH excluding ortho intramolecular Hbond substituents is 2. The third-order valence-corrected chi connectivity index (χ3v) is 2.83. The molecule has 0 aliphatic heterocycles. The fraction of sp³-hybridized carbons (Fsp3) is 0.417. The van der Waals surface area contributed by atoms with Crippen LogP contribution in [0.4, 0.5) is 0 Å². The zero-order valence-corrected chi connectivity index (χ0v) is 9.97. The standard InChI is InChI=1S/C12H16O5/c1-12(2,10(17-3)11(15)16)7-4-5-8(13)9(14)6-7/h4-6,10,13-14H,1-3H3,(H,15,16). The fourth-order valence-electron chi connectivity index (χ4n) is 1.78. The first-order valence-corrected chi connectivity index (χ1v) is 5.08. The van der Waals surface area contributed by atoms with Crippen LogP contribution in [-0.2, 0) is 14.9 Å². The topological polar surface area (TPSA) is 87.0 Å². The second-order valence-corrected chi connectivity index (χ2v) is 4.38. The van der Waals surface area contributed by atoms with Crippen molar-refractivity contribution in [2.24, 2.45) is 0 Å². The molecule has 1 aromatic carbocycles. The van der Waals surface area contributed by atoms with Gasteiger partial charge < -0.3 is 20.1 Å². The average Bonchev–Trinajstić information content (AvgIpc) is 2.21. The Hall–Kier alpha value is -1.75. The third-order valence-electron chi connectivity index (χ3n) is 2.83. The minimum absolute atomic E-state index is 0.242. The molecule has 1 rings (SSSR count). The SMILES string of the molecule is COC(C(=O)O)C(C)(C)c1ccc(O)c(O)c1. The monoisotopic (exact) mass is 240 g/mol. The lowest BCUT2D eigenvalue weighted by atomic mass is 9.79. The van der Waals surface area contributed by atoms with Crippen molar-refractivity contribution in [1.29, 1.82) is 0 Å². The summed E-state index contributed by atoms with van der Waals surface area (Å²) in [5.41, 5.74) is -0.256. The lowest BCUT2D eigenvalue weighted by Crippen LogP contribution is -2.41. The van der Waals surface area contributed by atoms with E-state index in [-0.39, 0.29) is 11.5 Å². The van der Waals surface area contributed by atoms with Crippen molar-refractivity contribution >= 4 is 5.97 Å². The van der Waals surface area contributed by atoms with E-state index in [1.165, 1.54) is 19.2 Å². The molecule has 0 radical (unpaired) electrons. The number of aromatic hydroxyl groups is 2. The first-order valence-electron chi connectivity index (χ1n) is 5.08. The van der Waals surface area contributed by atoms with Crippen LogP contribution in [0.2, 0.25) is 0 Å². The molecule has 0 aromatic heterocycles. The molecule has 0 amide bonds. The molecule has 3 N–H and O–H groups in total. The van der Waals surface area contributed by atoms with E-state index >= 15 is 0 Å². The minimum Gasteiger partial charge on any atom is -0.504 e. The molecule has 0 spiro atoms. The van der Waals surface area contributed by atoms with E-state index < -0.39 is 17.5 Å². The number of ether oxygens (including phenoxy) is 1. The van der Waals surface area contributed by atoms with E-state index in [2.05, 4.69) is 0 Å². The predicted molar refractivity (Wildman–Crippen MR) is 61.2 cm³/mol. The van der Waals surface area contributed by atoms with Crippen molar-refractivity contribution < 1.29 is 24.9 Å². The van der Waals surface area contributed by atoms with Gasteiger partial charge in [0.25, 0.3) is 0 Å². The summed E-state index contributed by atoms with van der Waals surface area (Å²) >= 11 is 0. The Morgan fingerprint density at radius 1 is 1.29 bits per heavy atom. The quantitative estimate of drug-likeness (QED) is 0.694. The molecule has 5 nitrogen and oxygen atoms in total. The molecule has 94 valence electrons. The number of carbonyl (C=O) groups is 1. The molecule has 0 heterocycles. The predicted octanol–water partition coefficient (Wildman–Crippen LogP) is 1.47. The molecule has 0 saturated carbocycles. The van der Waals surface area contributed by atoms with Crippen LogP contribution < -0.4 is 0 Å². The van der Waals surface area contributed by atoms with Gasteiger partial charge in [0.05, 0.1) is 0 Å². The zero-order chi connectivity index (χ0) is 13.2. The first-order chi connectivity index (χ1) is 7.80. The van der Waals surface area contributed by atoms with Crippen molar-refractivity contribution in [2.75, 3.05) is 7.11 Å². The van der Waals surface area contributed by atoms with Crippen LogP contribution >= 0.6 is 0 Å². The van der Waals surface area contributed by atoms with Crippen LogP contribution in [0.5, 0.6) is 11.5 Å². The largest absolute Gasteiger partial charge is 0.504 e. The normalized spacial score (nSPS) is 13.4. The second kappa shape index (κ2) is 4.63. The van der Waals surface area contributed by atoms with Gasteiger partial charge in [-0.3, -0.25) is 0 Å². The van der Waals surface area contributed by atoms with Gasteiger partial charge in [-0.15, -0.1) is 0 Å². The van der Waals surface area contributed by atoms with E-state index in [1.807, 2.05) is 0 Å². The number of methoxy groups -OCH3 is 1. The number of carboxylic acid groups (broad SMARTS) is 1. The Balaban J connectivity index is 3.19. The summed E-state index contributed by atoms with van der Waals surface area (Å²) in [5, 5.41) is 27.7. The van der Waals surface area contributed by atoms with E-state index in [1.54, 1.807) is 19.9 Å². The van der Waals surface area contributed by atoms with Crippen LogP contribution in [-0.4, -0.2) is 34.5 Å². The van der Waals surface area contributed by atoms with Gasteiger partial charge in [0.1, 0.15) is 0 Å². The number of hydrogen-bond donors (Lipinski definition) is 3. The highest BCUT2D eigenvalue weighted by molar-refractivity contribution is 5.75. The van der Waals surface area contributed by atoms with E-state index in [0.29, 0.717) is 5.56 Å². The lowest BCUT2D eigenvalue weighted by Gasteiger charge is -2.30. The summed E-state index contributed by atoms with van der Waals surface area (Å²) in [7, 11) is 1.32. The van der Waals surface area contributed by atoms with E-state index in [0.717, 1.165) is 0 Å². The van der Waals surface area contributed by atoms with Crippen LogP contribution in [0, 0.1) is 0 Å². The third kappa shape index (κ3) is 2.50. The van der Waals surface area contributed by atoms with Crippen LogP contribution in [0.15, 0.2) is 18.2 Å². The number of carboxylic acids is 1. The van der Waals surface area contributed by atoms with E-state index in [4.69, 9.17) is 9.84 Å². The molecule has 0 saturated heterocycles. The Morgan fingerprint density at radius 2 is 1.88 bits per heavy atom. The Labute approximate surface area is 99.3 Å². The molecular weight excluding hydrogens is 224 g/mol. The molecule has 1 atom stereocenters. The average molecular weight is 240 g/mol. The highest BCUT2D eigenvalue weighted by Gasteiger charge is 2.37. The molecule has 1 unspecified atom stereocenters. The highest BCUT2D eigenvalue weighted by Crippen LogP contribution is 2.34. The van der Waals surface area contributed by atoms with Crippen LogP contribution in [0.1, 0.15) is 19.4 Å². The molecule has 0 aliphatic carbocycles. The summed E-state index contributed by atoms with van der Waals surface area (Å²) < 4.78 is 4.96. The molecule has 1 aromatic rings. The highest BCUT2D eigenvalue weighted by atomic mass is 16.5. The molecule has 5 heteroatoms. The Kier molecular flexibility index (Phi) is 3.63. The Morgan fingerprint density at radius 3 is 2.29 bits per heavy atom. The zero-order valence-electron chi connectivity index (χ0n) is 9.97. The molecule has 17 heavy (non-hydrogen) atoms. The smallest absolute Gasteiger partial charge is 0.333 e. The minimum atomic E-state index is -1.08. The first kappa shape index (κ1) is 13.3. The van der Waals surface area contributed by atoms with Gasteiger partial charge in [-0.25, -0.2) is 4.79 Å². The van der Waals surface area contributed by atoms with E-state index in [9.17, 15) is 15.0 Å². The summed E-state index contributed by atoms with van der Waals surface area (Å²) in [5.74, 6) is -1.60. The second-order valence-electron chi connectivity index (χ2n) is 4.38. The molecule has 0 aliphatic rings. The summed E-state index contributed by atoms with van der Waals surface area (Å²) in [6.07, 6.45) is -1.04. The van der Waals surface area contributed by atoms with Crippen molar-refractivity contribution in [3.05, 3.63) is 23.8 Å². The van der Waals surface area contributed by atoms with Gasteiger partial charge in [0.15, 0.2) is 17.6 Å². The molecule has 0 fully saturated rings. The Bertz CT molecular complexity index is 425. The summed E-state index contributed by atoms with van der Waals surface area (Å²) in [4.78, 5) is 11.1. The van der Waals surface area contributed by atoms with Gasteiger partial charge in [-0.1, -0.05) is 19.9 Å². The van der Waals surface area contributed by atoms with Crippen molar-refractivity contribution in [3.8, 4) is 11.5 Å².